The van der Waals surface area contributed by atoms with Crippen LogP contribution < -0.4 is 10.9 Å². The Morgan fingerprint density at radius 2 is 2.11 bits per heavy atom. The summed E-state index contributed by atoms with van der Waals surface area (Å²) in [6, 6.07) is -0.404. The van der Waals surface area contributed by atoms with Gasteiger partial charge >= 0.3 is 0 Å². The highest BCUT2D eigenvalue weighted by Gasteiger charge is 2.17. The summed E-state index contributed by atoms with van der Waals surface area (Å²) >= 11 is 0. The molecule has 0 saturated heterocycles. The third-order valence-corrected chi connectivity index (χ3v) is 2.52. The summed E-state index contributed by atoms with van der Waals surface area (Å²) in [5.41, 5.74) is -0.506. The van der Waals surface area contributed by atoms with E-state index in [0.29, 0.717) is 17.5 Å². The summed E-state index contributed by atoms with van der Waals surface area (Å²) in [5, 5.41) is 9.28. The fraction of sp³-hybridized carbons (Fsp3) is 0.364. The predicted molar refractivity (Wildman–Crippen MR) is 66.6 cm³/mol. The molecule has 0 saturated carbocycles. The average molecular weight is 262 g/mol. The molecule has 8 heteroatoms. The number of carbonyl (C=O) groups is 1. The number of carbonyl (C=O) groups excluding carboxylic acids is 1. The first-order chi connectivity index (χ1) is 8.97. The Hall–Kier alpha value is -2.51. The van der Waals surface area contributed by atoms with E-state index in [0.717, 1.165) is 0 Å². The van der Waals surface area contributed by atoms with Crippen molar-refractivity contribution in [2.45, 2.75) is 26.8 Å². The van der Waals surface area contributed by atoms with Gasteiger partial charge in [-0.2, -0.15) is 5.10 Å². The Bertz CT molecular complexity index is 659. The van der Waals surface area contributed by atoms with Crippen LogP contribution in [-0.4, -0.2) is 31.1 Å². The van der Waals surface area contributed by atoms with E-state index in [4.69, 9.17) is 0 Å². The van der Waals surface area contributed by atoms with E-state index in [-0.39, 0.29) is 5.56 Å². The smallest absolute Gasteiger partial charge is 0.263 e. The zero-order chi connectivity index (χ0) is 14.0. The van der Waals surface area contributed by atoms with Gasteiger partial charge in [-0.05, 0) is 20.8 Å². The molecule has 0 aliphatic heterocycles. The lowest BCUT2D eigenvalue weighted by Crippen LogP contribution is -2.32. The van der Waals surface area contributed by atoms with E-state index >= 15 is 0 Å². The number of rotatable bonds is 3. The normalized spacial score (nSPS) is 12.2. The predicted octanol–water partition coefficient (Wildman–Crippen LogP) is -0.00416. The number of aryl methyl sites for hydroxylation is 2. The topological polar surface area (TPSA) is 116 Å². The maximum Gasteiger partial charge on any atom is 0.263 e. The number of aromatic nitrogens is 5. The molecule has 0 unspecified atom stereocenters. The molecule has 1 amide bonds. The molecule has 2 aromatic heterocycles. The molecule has 0 spiro atoms. The lowest BCUT2D eigenvalue weighted by atomic mass is 10.2. The van der Waals surface area contributed by atoms with Crippen molar-refractivity contribution in [1.82, 2.24) is 30.5 Å². The zero-order valence-electron chi connectivity index (χ0n) is 10.8. The van der Waals surface area contributed by atoms with Gasteiger partial charge in [0.15, 0.2) is 5.82 Å². The maximum atomic E-state index is 11.9. The minimum absolute atomic E-state index is 0.0373. The summed E-state index contributed by atoms with van der Waals surface area (Å²) in [4.78, 5) is 34.0. The highest BCUT2D eigenvalue weighted by molar-refractivity contribution is 5.93. The van der Waals surface area contributed by atoms with Crippen molar-refractivity contribution in [3.05, 3.63) is 39.6 Å². The highest BCUT2D eigenvalue weighted by Crippen LogP contribution is 2.06. The minimum Gasteiger partial charge on any atom is -0.342 e. The largest absolute Gasteiger partial charge is 0.342 e. The number of H-pyrrole nitrogens is 2. The molecular formula is C11H14N6O2. The molecule has 100 valence electrons. The van der Waals surface area contributed by atoms with Crippen LogP contribution in [0.15, 0.2) is 11.0 Å². The Morgan fingerprint density at radius 1 is 1.37 bits per heavy atom. The second kappa shape index (κ2) is 5.01. The third kappa shape index (κ3) is 2.84. The van der Waals surface area contributed by atoms with E-state index in [2.05, 4.69) is 30.5 Å². The van der Waals surface area contributed by atoms with Crippen molar-refractivity contribution in [1.29, 1.82) is 0 Å². The maximum absolute atomic E-state index is 11.9. The molecule has 0 fully saturated rings. The van der Waals surface area contributed by atoms with Gasteiger partial charge in [-0.25, -0.2) is 9.97 Å². The van der Waals surface area contributed by atoms with Gasteiger partial charge in [-0.15, -0.1) is 0 Å². The molecule has 0 aliphatic carbocycles. The standard InChI is InChI=1S/C11H14N6O2/c1-5(9-14-7(3)16-17-9)13-10(18)8-4-12-6(2)15-11(8)19/h4-5H,1-3H3,(H,13,18)(H,12,15,19)(H,14,16,17)/t5-/m1/s1. The lowest BCUT2D eigenvalue weighted by Gasteiger charge is -2.09. The molecular weight excluding hydrogens is 248 g/mol. The van der Waals surface area contributed by atoms with Gasteiger partial charge in [0.2, 0.25) is 0 Å². The van der Waals surface area contributed by atoms with Crippen molar-refractivity contribution < 1.29 is 4.79 Å². The lowest BCUT2D eigenvalue weighted by molar-refractivity contribution is 0.0936. The molecule has 2 aromatic rings. The minimum atomic E-state index is -0.510. The van der Waals surface area contributed by atoms with E-state index in [9.17, 15) is 9.59 Å². The van der Waals surface area contributed by atoms with Gasteiger partial charge in [0.25, 0.3) is 11.5 Å². The molecule has 3 N–H and O–H groups in total. The van der Waals surface area contributed by atoms with Crippen molar-refractivity contribution in [2.24, 2.45) is 0 Å². The van der Waals surface area contributed by atoms with Crippen LogP contribution >= 0.6 is 0 Å². The molecule has 0 bridgehead atoms. The second-order valence-corrected chi connectivity index (χ2v) is 4.19. The summed E-state index contributed by atoms with van der Waals surface area (Å²) < 4.78 is 0. The van der Waals surface area contributed by atoms with Crippen molar-refractivity contribution >= 4 is 5.91 Å². The first-order valence-corrected chi connectivity index (χ1v) is 5.73. The van der Waals surface area contributed by atoms with E-state index in [1.165, 1.54) is 6.20 Å². The summed E-state index contributed by atoms with van der Waals surface area (Å²) in [6.07, 6.45) is 1.25. The van der Waals surface area contributed by atoms with E-state index in [1.807, 2.05) is 0 Å². The van der Waals surface area contributed by atoms with Gasteiger partial charge in [0, 0.05) is 6.20 Å². The van der Waals surface area contributed by atoms with Gasteiger partial charge in [-0.1, -0.05) is 0 Å². The number of nitrogens with zero attached hydrogens (tertiary/aromatic N) is 3. The van der Waals surface area contributed by atoms with Crippen molar-refractivity contribution in [3.8, 4) is 0 Å². The van der Waals surface area contributed by atoms with Gasteiger partial charge in [-0.3, -0.25) is 14.7 Å². The van der Waals surface area contributed by atoms with Crippen LogP contribution in [0.25, 0.3) is 0 Å². The Kier molecular flexibility index (Phi) is 3.41. The molecule has 2 rings (SSSR count). The Balaban J connectivity index is 2.15. The van der Waals surface area contributed by atoms with Crippen LogP contribution in [0, 0.1) is 13.8 Å². The van der Waals surface area contributed by atoms with E-state index < -0.39 is 17.5 Å². The number of amides is 1. The molecule has 8 nitrogen and oxygen atoms in total. The van der Waals surface area contributed by atoms with Gasteiger partial charge in [0.05, 0.1) is 6.04 Å². The van der Waals surface area contributed by atoms with Crippen LogP contribution in [0.5, 0.6) is 0 Å². The second-order valence-electron chi connectivity index (χ2n) is 4.19. The first-order valence-electron chi connectivity index (χ1n) is 5.73. The van der Waals surface area contributed by atoms with Crippen LogP contribution in [-0.2, 0) is 0 Å². The third-order valence-electron chi connectivity index (χ3n) is 2.52. The number of hydrogen-bond donors (Lipinski definition) is 3. The average Bonchev–Trinajstić information content (AvgIpc) is 2.75. The summed E-state index contributed by atoms with van der Waals surface area (Å²) in [6.45, 7) is 5.14. The molecule has 0 aromatic carbocycles. The van der Waals surface area contributed by atoms with Crippen LogP contribution in [0.1, 0.15) is 40.8 Å². The number of aromatic amines is 2. The van der Waals surface area contributed by atoms with Gasteiger partial charge < -0.3 is 10.3 Å². The summed E-state index contributed by atoms with van der Waals surface area (Å²) in [7, 11) is 0. The Labute approximate surface area is 108 Å². The van der Waals surface area contributed by atoms with E-state index in [1.54, 1.807) is 20.8 Å². The molecule has 0 aliphatic rings. The summed E-state index contributed by atoms with van der Waals surface area (Å²) in [5.74, 6) is 1.07. The fourth-order valence-corrected chi connectivity index (χ4v) is 1.54. The molecule has 2 heterocycles. The van der Waals surface area contributed by atoms with Crippen molar-refractivity contribution in [2.75, 3.05) is 0 Å². The molecule has 1 atom stereocenters. The Morgan fingerprint density at radius 3 is 2.68 bits per heavy atom. The zero-order valence-corrected chi connectivity index (χ0v) is 10.8. The number of hydrogen-bond acceptors (Lipinski definition) is 5. The fourth-order valence-electron chi connectivity index (χ4n) is 1.54. The molecule has 19 heavy (non-hydrogen) atoms. The number of nitrogens with one attached hydrogen (secondary N) is 3. The van der Waals surface area contributed by atoms with Crippen molar-refractivity contribution in [3.63, 3.8) is 0 Å². The van der Waals surface area contributed by atoms with Gasteiger partial charge in [0.1, 0.15) is 17.2 Å². The highest BCUT2D eigenvalue weighted by atomic mass is 16.2. The quantitative estimate of drug-likeness (QED) is 0.719. The first kappa shape index (κ1) is 12.9. The monoisotopic (exact) mass is 262 g/mol. The van der Waals surface area contributed by atoms with Crippen LogP contribution in [0.3, 0.4) is 0 Å². The van der Waals surface area contributed by atoms with Crippen LogP contribution in [0.2, 0.25) is 0 Å². The SMILES string of the molecule is Cc1nc([C@@H](C)NC(=O)c2cnc(C)[nH]c2=O)n[nH]1. The molecule has 0 radical (unpaired) electrons. The van der Waals surface area contributed by atoms with Crippen LogP contribution in [0.4, 0.5) is 0 Å².